The lowest BCUT2D eigenvalue weighted by molar-refractivity contribution is -0.323. The van der Waals surface area contributed by atoms with Crippen molar-refractivity contribution < 1.29 is 89.1 Å². The average Bonchev–Trinajstić information content (AvgIpc) is 3.15. The predicted molar refractivity (Wildman–Crippen MR) is 183 cm³/mol. The van der Waals surface area contributed by atoms with Crippen molar-refractivity contribution in [1.29, 1.82) is 0 Å². The second-order valence-electron chi connectivity index (χ2n) is 12.6. The standard InChI is InChI=1S/C36H36O19/c37-12-25-34(55-27(44)6-2-14-1-4-17(38)19(40)7-14)31(47)33(49)35(53-25)50-13-26-29(45)30(46)32(48)36(54-26)51-16-9-21(42)28-22(43)11-23(52-24(28)10-16)15-3-5-18(39)20(41)8-15/h1-11,25-26,29-42,45-49H,12-13H2. The number of benzene rings is 3. The van der Waals surface area contributed by atoms with Gasteiger partial charge in [0.1, 0.15) is 71.0 Å². The van der Waals surface area contributed by atoms with Crippen molar-refractivity contribution in [2.24, 2.45) is 0 Å². The van der Waals surface area contributed by atoms with Crippen LogP contribution in [0.3, 0.4) is 0 Å². The summed E-state index contributed by atoms with van der Waals surface area (Å²) < 4.78 is 33.3. The molecule has 11 N–H and O–H groups in total. The number of hydrogen-bond acceptors (Lipinski definition) is 19. The van der Waals surface area contributed by atoms with Crippen LogP contribution < -0.4 is 10.2 Å². The summed E-state index contributed by atoms with van der Waals surface area (Å²) >= 11 is 0. The predicted octanol–water partition coefficient (Wildman–Crippen LogP) is -0.745. The van der Waals surface area contributed by atoms with Crippen LogP contribution in [0.4, 0.5) is 0 Å². The zero-order chi connectivity index (χ0) is 39.7. The molecule has 6 rings (SSSR count). The van der Waals surface area contributed by atoms with E-state index in [0.29, 0.717) is 5.56 Å². The van der Waals surface area contributed by atoms with Gasteiger partial charge in [-0.05, 0) is 42.0 Å². The number of phenolic OH excluding ortho intramolecular Hbond substituents is 5. The molecule has 4 aromatic rings. The number of carbonyl (C=O) groups excluding carboxylic acids is 1. The highest BCUT2D eigenvalue weighted by molar-refractivity contribution is 5.87. The van der Waals surface area contributed by atoms with E-state index in [2.05, 4.69) is 0 Å². The monoisotopic (exact) mass is 772 g/mol. The van der Waals surface area contributed by atoms with Gasteiger partial charge in [0.25, 0.3) is 0 Å². The lowest BCUT2D eigenvalue weighted by atomic mass is 9.98. The fourth-order valence-electron chi connectivity index (χ4n) is 5.92. The highest BCUT2D eigenvalue weighted by Gasteiger charge is 2.49. The third-order valence-electron chi connectivity index (χ3n) is 8.87. The van der Waals surface area contributed by atoms with Crippen LogP contribution in [0, 0.1) is 0 Å². The molecule has 19 nitrogen and oxygen atoms in total. The molecule has 3 heterocycles. The van der Waals surface area contributed by atoms with Crippen LogP contribution in [-0.4, -0.2) is 137 Å². The largest absolute Gasteiger partial charge is 0.507 e. The Balaban J connectivity index is 1.12. The number of fused-ring (bicyclic) bond motifs is 1. The number of carbonyl (C=O) groups is 1. The van der Waals surface area contributed by atoms with Crippen LogP contribution in [-0.2, 0) is 23.7 Å². The van der Waals surface area contributed by atoms with Gasteiger partial charge in [-0.2, -0.15) is 0 Å². The molecule has 10 atom stereocenters. The highest BCUT2D eigenvalue weighted by Crippen LogP contribution is 2.36. The first-order valence-corrected chi connectivity index (χ1v) is 16.5. The van der Waals surface area contributed by atoms with Gasteiger partial charge in [0.15, 0.2) is 40.8 Å². The molecule has 55 heavy (non-hydrogen) atoms. The van der Waals surface area contributed by atoms with E-state index in [0.717, 1.165) is 24.3 Å². The lowest BCUT2D eigenvalue weighted by Gasteiger charge is -2.43. The molecule has 2 fully saturated rings. The van der Waals surface area contributed by atoms with Crippen LogP contribution in [0.1, 0.15) is 5.56 Å². The highest BCUT2D eigenvalue weighted by atomic mass is 16.7. The number of esters is 1. The van der Waals surface area contributed by atoms with Gasteiger partial charge in [-0.1, -0.05) is 6.07 Å². The third-order valence-corrected chi connectivity index (χ3v) is 8.87. The summed E-state index contributed by atoms with van der Waals surface area (Å²) in [6.45, 7) is -1.50. The molecule has 0 saturated carbocycles. The smallest absolute Gasteiger partial charge is 0.331 e. The Hall–Kier alpha value is -5.48. The molecule has 3 aromatic carbocycles. The zero-order valence-corrected chi connectivity index (χ0v) is 28.2. The molecule has 2 aliphatic heterocycles. The summed E-state index contributed by atoms with van der Waals surface area (Å²) in [5, 5.41) is 112. The number of hydrogen-bond donors (Lipinski definition) is 11. The van der Waals surface area contributed by atoms with Gasteiger partial charge in [-0.3, -0.25) is 4.79 Å². The zero-order valence-electron chi connectivity index (χ0n) is 28.2. The van der Waals surface area contributed by atoms with Crippen molar-refractivity contribution in [2.75, 3.05) is 13.2 Å². The minimum absolute atomic E-state index is 0.0523. The Morgan fingerprint density at radius 2 is 1.38 bits per heavy atom. The van der Waals surface area contributed by atoms with Crippen molar-refractivity contribution in [3.05, 3.63) is 76.5 Å². The molecule has 294 valence electrons. The van der Waals surface area contributed by atoms with E-state index in [4.69, 9.17) is 28.1 Å². The number of rotatable bonds is 10. The van der Waals surface area contributed by atoms with E-state index in [9.17, 15) is 65.8 Å². The van der Waals surface area contributed by atoms with Crippen molar-refractivity contribution in [2.45, 2.75) is 61.4 Å². The van der Waals surface area contributed by atoms with Gasteiger partial charge in [0, 0.05) is 29.8 Å². The number of phenols is 5. The van der Waals surface area contributed by atoms with Crippen LogP contribution in [0.25, 0.3) is 28.4 Å². The molecule has 2 saturated heterocycles. The third kappa shape index (κ3) is 8.29. The second-order valence-corrected chi connectivity index (χ2v) is 12.6. The van der Waals surface area contributed by atoms with Gasteiger partial charge in [-0.15, -0.1) is 0 Å². The number of aliphatic hydroxyl groups excluding tert-OH is 6. The Morgan fingerprint density at radius 3 is 2.07 bits per heavy atom. The molecular weight excluding hydrogens is 736 g/mol. The van der Waals surface area contributed by atoms with Crippen molar-refractivity contribution >= 4 is 23.0 Å². The number of ether oxygens (including phenoxy) is 5. The van der Waals surface area contributed by atoms with Crippen molar-refractivity contribution in [3.8, 4) is 45.8 Å². The van der Waals surface area contributed by atoms with E-state index >= 15 is 0 Å². The molecule has 0 aliphatic carbocycles. The van der Waals surface area contributed by atoms with Gasteiger partial charge < -0.3 is 84.3 Å². The summed E-state index contributed by atoms with van der Waals surface area (Å²) in [4.78, 5) is 25.3. The normalized spacial score (nSPS) is 28.3. The summed E-state index contributed by atoms with van der Waals surface area (Å²) in [5.41, 5.74) is -0.362. The Labute approximate surface area is 308 Å². The molecule has 19 heteroatoms. The maximum atomic E-state index is 12.9. The topological polar surface area (TPSA) is 316 Å². The van der Waals surface area contributed by atoms with E-state index in [1.54, 1.807) is 0 Å². The first-order valence-electron chi connectivity index (χ1n) is 16.5. The van der Waals surface area contributed by atoms with Gasteiger partial charge in [0.2, 0.25) is 6.29 Å². The quantitative estimate of drug-likeness (QED) is 0.0537. The van der Waals surface area contributed by atoms with Crippen molar-refractivity contribution in [1.82, 2.24) is 0 Å². The van der Waals surface area contributed by atoms with Crippen LogP contribution >= 0.6 is 0 Å². The average molecular weight is 773 g/mol. The van der Waals surface area contributed by atoms with E-state index < -0.39 is 109 Å². The SMILES string of the molecule is O=C(C=Cc1ccc(O)c(O)c1)OC1C(CO)OC(OCC2OC(Oc3cc(O)c4c(=O)cc(-c5ccc(O)c(O)c5)oc4c3)C(O)C(O)C2O)C(O)C1O. The number of aromatic hydroxyl groups is 5. The summed E-state index contributed by atoms with van der Waals surface area (Å²) in [6.07, 6.45) is -15.2. The van der Waals surface area contributed by atoms with Crippen LogP contribution in [0.2, 0.25) is 0 Å². The maximum absolute atomic E-state index is 12.9. The Morgan fingerprint density at radius 1 is 0.709 bits per heavy atom. The van der Waals surface area contributed by atoms with Gasteiger partial charge >= 0.3 is 5.97 Å². The molecule has 0 spiro atoms. The van der Waals surface area contributed by atoms with Crippen molar-refractivity contribution in [3.63, 3.8) is 0 Å². The Bertz CT molecular complexity index is 2110. The summed E-state index contributed by atoms with van der Waals surface area (Å²) in [7, 11) is 0. The van der Waals surface area contributed by atoms with E-state index in [1.165, 1.54) is 42.5 Å². The lowest BCUT2D eigenvalue weighted by Crippen LogP contribution is -2.62. The maximum Gasteiger partial charge on any atom is 0.331 e. The summed E-state index contributed by atoms with van der Waals surface area (Å²) in [6, 6.07) is 10.6. The molecule has 1 aromatic heterocycles. The van der Waals surface area contributed by atoms with E-state index in [1.807, 2.05) is 0 Å². The minimum Gasteiger partial charge on any atom is -0.507 e. The van der Waals surface area contributed by atoms with Crippen LogP contribution in [0.15, 0.2) is 69.9 Å². The first-order chi connectivity index (χ1) is 26.1. The molecule has 10 unspecified atom stereocenters. The second kappa shape index (κ2) is 16.1. The van der Waals surface area contributed by atoms with E-state index in [-0.39, 0.29) is 33.8 Å². The Kier molecular flexibility index (Phi) is 11.5. The fraction of sp³-hybridized carbons (Fsp3) is 0.333. The van der Waals surface area contributed by atoms with Gasteiger partial charge in [0.05, 0.1) is 13.2 Å². The molecular formula is C36H36O19. The molecule has 0 bridgehead atoms. The molecule has 0 radical (unpaired) electrons. The number of aliphatic hydroxyl groups is 6. The first kappa shape index (κ1) is 39.2. The molecule has 2 aliphatic rings. The fourth-order valence-corrected chi connectivity index (χ4v) is 5.92. The van der Waals surface area contributed by atoms with Gasteiger partial charge in [-0.25, -0.2) is 4.79 Å². The molecule has 0 amide bonds. The summed E-state index contributed by atoms with van der Waals surface area (Å²) in [5.74, 6) is -3.62. The van der Waals surface area contributed by atoms with Crippen LogP contribution in [0.5, 0.6) is 34.5 Å². The minimum atomic E-state index is -1.90.